The highest BCUT2D eigenvalue weighted by molar-refractivity contribution is 5.73. The molecule has 5 aliphatic carbocycles. The quantitative estimate of drug-likeness (QED) is 0.346. The molecule has 0 N–H and O–H groups in total. The Morgan fingerprint density at radius 2 is 1.79 bits per heavy atom. The minimum atomic E-state index is 0.0935. The molecule has 6 rings (SSSR count). The summed E-state index contributed by atoms with van der Waals surface area (Å²) in [5.74, 6) is 2.52. The van der Waals surface area contributed by atoms with E-state index in [1.54, 1.807) is 11.1 Å². The predicted octanol–water partition coefficient (Wildman–Crippen LogP) is 7.53. The van der Waals surface area contributed by atoms with E-state index in [2.05, 4.69) is 49.3 Å². The maximum Gasteiger partial charge on any atom is 0.309 e. The average Bonchev–Trinajstić information content (AvgIpc) is 3.22. The zero-order valence-electron chi connectivity index (χ0n) is 21.1. The van der Waals surface area contributed by atoms with Crippen molar-refractivity contribution in [1.29, 1.82) is 0 Å². The Balaban J connectivity index is 1.17. The van der Waals surface area contributed by atoms with E-state index in [1.807, 2.05) is 6.20 Å². The Labute approximate surface area is 205 Å². The molecule has 5 aliphatic rings. The van der Waals surface area contributed by atoms with Crippen LogP contribution in [0.2, 0.25) is 0 Å². The summed E-state index contributed by atoms with van der Waals surface area (Å²) >= 11 is 0. The summed E-state index contributed by atoms with van der Waals surface area (Å²) in [6.45, 7) is 5.07. The van der Waals surface area contributed by atoms with Gasteiger partial charge < -0.3 is 4.74 Å². The molecule has 0 amide bonds. The van der Waals surface area contributed by atoms with E-state index in [0.29, 0.717) is 0 Å². The fourth-order valence-electron chi connectivity index (χ4n) is 8.86. The average molecular weight is 460 g/mol. The molecule has 3 nitrogen and oxygen atoms in total. The van der Waals surface area contributed by atoms with Crippen LogP contribution in [0, 0.1) is 34.5 Å². The number of carbonyl (C=O) groups excluding carboxylic acids is 1. The molecule has 0 saturated heterocycles. The number of allylic oxidation sites excluding steroid dienone is 3. The summed E-state index contributed by atoms with van der Waals surface area (Å²) in [5, 5.41) is 0. The number of aromatic nitrogens is 1. The number of fused-ring (bicyclic) bond motifs is 5. The monoisotopic (exact) mass is 459 g/mol. The van der Waals surface area contributed by atoms with Gasteiger partial charge in [-0.25, -0.2) is 0 Å². The van der Waals surface area contributed by atoms with Gasteiger partial charge in [0.1, 0.15) is 6.10 Å². The van der Waals surface area contributed by atoms with Crippen LogP contribution in [-0.2, 0) is 9.53 Å². The summed E-state index contributed by atoms with van der Waals surface area (Å²) in [5.41, 5.74) is 5.03. The van der Waals surface area contributed by atoms with Crippen molar-refractivity contribution in [3.05, 3.63) is 47.8 Å². The lowest BCUT2D eigenvalue weighted by molar-refractivity contribution is -0.157. The number of carbonyl (C=O) groups is 1. The lowest BCUT2D eigenvalue weighted by atomic mass is 9.47. The number of esters is 1. The summed E-state index contributed by atoms with van der Waals surface area (Å²) < 4.78 is 6.12. The van der Waals surface area contributed by atoms with Crippen molar-refractivity contribution >= 4 is 11.5 Å². The molecular formula is C31H41NO2. The van der Waals surface area contributed by atoms with Crippen LogP contribution in [0.4, 0.5) is 0 Å². The van der Waals surface area contributed by atoms with Crippen molar-refractivity contribution in [2.45, 2.75) is 97.0 Å². The summed E-state index contributed by atoms with van der Waals surface area (Å²) in [7, 11) is 0. The Kier molecular flexibility index (Phi) is 5.73. The number of ether oxygens (including phenoxy) is 1. The molecule has 3 heteroatoms. The molecule has 0 spiro atoms. The second kappa shape index (κ2) is 8.64. The Hall–Kier alpha value is -1.90. The molecule has 182 valence electrons. The molecule has 6 atom stereocenters. The van der Waals surface area contributed by atoms with Gasteiger partial charge in [0.2, 0.25) is 0 Å². The van der Waals surface area contributed by atoms with E-state index >= 15 is 0 Å². The van der Waals surface area contributed by atoms with Crippen molar-refractivity contribution < 1.29 is 9.53 Å². The fourth-order valence-corrected chi connectivity index (χ4v) is 8.86. The second-order valence-corrected chi connectivity index (χ2v) is 12.4. The van der Waals surface area contributed by atoms with Gasteiger partial charge in [-0.2, -0.15) is 0 Å². The molecule has 0 aliphatic heterocycles. The first-order valence-electron chi connectivity index (χ1n) is 14.0. The molecule has 3 saturated carbocycles. The normalized spacial score (nSPS) is 39.8. The first-order valence-corrected chi connectivity index (χ1v) is 14.0. The van der Waals surface area contributed by atoms with Crippen LogP contribution in [0.5, 0.6) is 0 Å². The van der Waals surface area contributed by atoms with Crippen LogP contribution < -0.4 is 0 Å². The topological polar surface area (TPSA) is 39.2 Å². The van der Waals surface area contributed by atoms with Gasteiger partial charge in [0.05, 0.1) is 5.92 Å². The van der Waals surface area contributed by atoms with E-state index in [4.69, 9.17) is 4.74 Å². The van der Waals surface area contributed by atoms with Crippen LogP contribution in [0.3, 0.4) is 0 Å². The van der Waals surface area contributed by atoms with E-state index in [9.17, 15) is 4.79 Å². The Morgan fingerprint density at radius 3 is 2.59 bits per heavy atom. The predicted molar refractivity (Wildman–Crippen MR) is 136 cm³/mol. The standard InChI is InChI=1S/C31H41NO2/c1-30-16-14-24(34-29(33)21-7-4-3-5-8-21)19-23(30)10-11-25-27-13-12-26(22-9-6-18-32-20-22)31(27,2)17-15-28(25)30/h6,9-10,12,18,20-21,24-25,27-28H,3-5,7-8,11,13-17,19H2,1-2H3/t24-,25-,27-,28-,30-,31+/m0/s1. The molecular weight excluding hydrogens is 418 g/mol. The number of rotatable bonds is 3. The lowest BCUT2D eigenvalue weighted by Crippen LogP contribution is -2.50. The van der Waals surface area contributed by atoms with Gasteiger partial charge in [-0.15, -0.1) is 0 Å². The third-order valence-corrected chi connectivity index (χ3v) is 10.8. The number of hydrogen-bond acceptors (Lipinski definition) is 3. The van der Waals surface area contributed by atoms with E-state index in [1.165, 1.54) is 56.9 Å². The van der Waals surface area contributed by atoms with Crippen molar-refractivity contribution in [2.24, 2.45) is 34.5 Å². The Morgan fingerprint density at radius 1 is 0.971 bits per heavy atom. The lowest BCUT2D eigenvalue weighted by Gasteiger charge is -2.58. The van der Waals surface area contributed by atoms with Crippen LogP contribution in [0.25, 0.3) is 5.57 Å². The van der Waals surface area contributed by atoms with Crippen molar-refractivity contribution in [3.8, 4) is 0 Å². The van der Waals surface area contributed by atoms with E-state index in [0.717, 1.165) is 43.4 Å². The van der Waals surface area contributed by atoms with Gasteiger partial charge in [-0.05, 0) is 97.2 Å². The minimum absolute atomic E-state index is 0.0935. The summed E-state index contributed by atoms with van der Waals surface area (Å²) in [6, 6.07) is 4.32. The number of pyridine rings is 1. The highest BCUT2D eigenvalue weighted by Crippen LogP contribution is 2.66. The van der Waals surface area contributed by atoms with Crippen LogP contribution in [0.15, 0.2) is 42.3 Å². The minimum Gasteiger partial charge on any atom is -0.462 e. The van der Waals surface area contributed by atoms with Gasteiger partial charge >= 0.3 is 5.97 Å². The largest absolute Gasteiger partial charge is 0.462 e. The molecule has 34 heavy (non-hydrogen) atoms. The zero-order valence-corrected chi connectivity index (χ0v) is 21.1. The van der Waals surface area contributed by atoms with Gasteiger partial charge in [0.25, 0.3) is 0 Å². The third kappa shape index (κ3) is 3.60. The first-order chi connectivity index (χ1) is 16.5. The van der Waals surface area contributed by atoms with E-state index < -0.39 is 0 Å². The SMILES string of the molecule is C[C@]12CC[C@H](OC(=O)C3CCCCC3)CC1=CC[C@@H]1[C@@H]2CC[C@]2(C)C(c3cccnc3)=CC[C@@H]12. The van der Waals surface area contributed by atoms with Crippen molar-refractivity contribution in [2.75, 3.05) is 0 Å². The smallest absolute Gasteiger partial charge is 0.309 e. The molecule has 1 aromatic rings. The Bertz CT molecular complexity index is 990. The summed E-state index contributed by atoms with van der Waals surface area (Å²) in [4.78, 5) is 17.2. The maximum atomic E-state index is 12.8. The molecule has 0 radical (unpaired) electrons. The molecule has 0 unspecified atom stereocenters. The molecule has 0 aromatic carbocycles. The summed E-state index contributed by atoms with van der Waals surface area (Å²) in [6.07, 6.45) is 23.1. The maximum absolute atomic E-state index is 12.8. The fraction of sp³-hybridized carbons (Fsp3) is 0.677. The van der Waals surface area contributed by atoms with Gasteiger partial charge in [0.15, 0.2) is 0 Å². The van der Waals surface area contributed by atoms with Gasteiger partial charge in [-0.3, -0.25) is 9.78 Å². The number of hydrogen-bond donors (Lipinski definition) is 0. The van der Waals surface area contributed by atoms with Crippen molar-refractivity contribution in [1.82, 2.24) is 4.98 Å². The highest BCUT2D eigenvalue weighted by atomic mass is 16.5. The van der Waals surface area contributed by atoms with Crippen LogP contribution in [0.1, 0.15) is 96.5 Å². The molecule has 1 heterocycles. The highest BCUT2D eigenvalue weighted by Gasteiger charge is 2.57. The number of nitrogens with zero attached hydrogens (tertiary/aromatic N) is 1. The van der Waals surface area contributed by atoms with Crippen LogP contribution in [-0.4, -0.2) is 17.1 Å². The van der Waals surface area contributed by atoms with Gasteiger partial charge in [0, 0.05) is 18.8 Å². The molecule has 3 fully saturated rings. The molecule has 0 bridgehead atoms. The van der Waals surface area contributed by atoms with E-state index in [-0.39, 0.29) is 28.8 Å². The zero-order chi connectivity index (χ0) is 23.3. The molecule has 1 aromatic heterocycles. The van der Waals surface area contributed by atoms with Gasteiger partial charge in [-0.1, -0.05) is 56.9 Å². The van der Waals surface area contributed by atoms with Crippen LogP contribution >= 0.6 is 0 Å². The first kappa shape index (κ1) is 22.6. The van der Waals surface area contributed by atoms with Crippen molar-refractivity contribution in [3.63, 3.8) is 0 Å². The third-order valence-electron chi connectivity index (χ3n) is 10.8. The second-order valence-electron chi connectivity index (χ2n) is 12.4.